The molecule has 0 aromatic heterocycles. The molecule has 78 valence electrons. The lowest BCUT2D eigenvalue weighted by molar-refractivity contribution is -0.120. The second-order valence-corrected chi connectivity index (χ2v) is 3.88. The summed E-state index contributed by atoms with van der Waals surface area (Å²) in [4.78, 5) is 11.3. The summed E-state index contributed by atoms with van der Waals surface area (Å²) >= 11 is 0. The fourth-order valence-corrected chi connectivity index (χ4v) is 1.68. The van der Waals surface area contributed by atoms with Crippen LogP contribution >= 0.6 is 0 Å². The molecule has 0 saturated carbocycles. The Morgan fingerprint density at radius 1 is 1.71 bits per heavy atom. The molecule has 14 heavy (non-hydrogen) atoms. The highest BCUT2D eigenvalue weighted by Gasteiger charge is 2.10. The third-order valence-corrected chi connectivity index (χ3v) is 2.17. The molecule has 1 rings (SSSR count). The van der Waals surface area contributed by atoms with Gasteiger partial charge in [-0.2, -0.15) is 0 Å². The largest absolute Gasteiger partial charge is 0.330 e. The third-order valence-electron chi connectivity index (χ3n) is 2.17. The van der Waals surface area contributed by atoms with E-state index in [0.29, 0.717) is 18.9 Å². The Labute approximate surface area is 85.1 Å². The van der Waals surface area contributed by atoms with Gasteiger partial charge in [0.05, 0.1) is 0 Å². The molecule has 1 unspecified atom stereocenters. The Hall–Kier alpha value is -1.09. The van der Waals surface area contributed by atoms with Crippen molar-refractivity contribution >= 4 is 5.91 Å². The summed E-state index contributed by atoms with van der Waals surface area (Å²) in [6, 6.07) is 0. The SMILES string of the molecule is CC1=CC(NC(=O)CCN)=CC(C)C1. The molecule has 3 N–H and O–H groups in total. The van der Waals surface area contributed by atoms with Gasteiger partial charge in [-0.1, -0.05) is 18.6 Å². The van der Waals surface area contributed by atoms with Gasteiger partial charge in [-0.05, 0) is 25.3 Å². The van der Waals surface area contributed by atoms with Crippen LogP contribution in [-0.4, -0.2) is 12.5 Å². The summed E-state index contributed by atoms with van der Waals surface area (Å²) in [6.45, 7) is 4.63. The molecular weight excluding hydrogens is 176 g/mol. The monoisotopic (exact) mass is 194 g/mol. The second-order valence-electron chi connectivity index (χ2n) is 3.88. The Bertz CT molecular complexity index is 279. The molecule has 3 heteroatoms. The van der Waals surface area contributed by atoms with Gasteiger partial charge in [0.15, 0.2) is 0 Å². The molecule has 0 radical (unpaired) electrons. The van der Waals surface area contributed by atoms with Gasteiger partial charge in [-0.3, -0.25) is 4.79 Å². The van der Waals surface area contributed by atoms with Crippen LogP contribution in [0.15, 0.2) is 23.4 Å². The zero-order chi connectivity index (χ0) is 10.6. The van der Waals surface area contributed by atoms with Gasteiger partial charge in [0, 0.05) is 18.7 Å². The van der Waals surface area contributed by atoms with E-state index in [0.717, 1.165) is 12.1 Å². The Kier molecular flexibility index (Phi) is 3.89. The number of carbonyl (C=O) groups excluding carboxylic acids is 1. The van der Waals surface area contributed by atoms with Gasteiger partial charge in [0.2, 0.25) is 5.91 Å². The van der Waals surface area contributed by atoms with E-state index < -0.39 is 0 Å². The van der Waals surface area contributed by atoms with Gasteiger partial charge >= 0.3 is 0 Å². The molecule has 0 aromatic rings. The van der Waals surface area contributed by atoms with Crippen LogP contribution in [-0.2, 0) is 4.79 Å². The lowest BCUT2D eigenvalue weighted by atomic mass is 9.95. The number of amides is 1. The predicted molar refractivity (Wildman–Crippen MR) is 57.4 cm³/mol. The minimum absolute atomic E-state index is 0.00287. The average Bonchev–Trinajstić information content (AvgIpc) is 2.01. The van der Waals surface area contributed by atoms with Gasteiger partial charge < -0.3 is 11.1 Å². The first-order valence-electron chi connectivity index (χ1n) is 5.00. The summed E-state index contributed by atoms with van der Waals surface area (Å²) in [6.07, 6.45) is 5.57. The van der Waals surface area contributed by atoms with Crippen LogP contribution in [0.25, 0.3) is 0 Å². The van der Waals surface area contributed by atoms with E-state index in [9.17, 15) is 4.79 Å². The van der Waals surface area contributed by atoms with Gasteiger partial charge in [-0.15, -0.1) is 0 Å². The van der Waals surface area contributed by atoms with E-state index in [-0.39, 0.29) is 5.91 Å². The predicted octanol–water partition coefficient (Wildman–Crippen LogP) is 1.32. The molecule has 1 atom stereocenters. The lowest BCUT2D eigenvalue weighted by Crippen LogP contribution is -2.25. The lowest BCUT2D eigenvalue weighted by Gasteiger charge is -2.16. The van der Waals surface area contributed by atoms with E-state index in [4.69, 9.17) is 5.73 Å². The van der Waals surface area contributed by atoms with Crippen molar-refractivity contribution in [2.24, 2.45) is 11.7 Å². The number of rotatable bonds is 3. The first kappa shape index (κ1) is 11.0. The first-order chi connectivity index (χ1) is 6.61. The van der Waals surface area contributed by atoms with E-state index in [2.05, 4.69) is 25.2 Å². The van der Waals surface area contributed by atoms with Crippen LogP contribution in [0.4, 0.5) is 0 Å². The zero-order valence-electron chi connectivity index (χ0n) is 8.84. The summed E-state index contributed by atoms with van der Waals surface area (Å²) in [5.41, 5.74) is 7.52. The van der Waals surface area contributed by atoms with Gasteiger partial charge in [0.1, 0.15) is 0 Å². The smallest absolute Gasteiger partial charge is 0.225 e. The quantitative estimate of drug-likeness (QED) is 0.712. The van der Waals surface area contributed by atoms with Crippen molar-refractivity contribution in [2.45, 2.75) is 26.7 Å². The highest BCUT2D eigenvalue weighted by atomic mass is 16.1. The van der Waals surface area contributed by atoms with Crippen LogP contribution < -0.4 is 11.1 Å². The maximum atomic E-state index is 11.3. The molecule has 0 fully saturated rings. The summed E-state index contributed by atoms with van der Waals surface area (Å²) in [7, 11) is 0. The molecule has 0 spiro atoms. The van der Waals surface area contributed by atoms with Crippen molar-refractivity contribution in [2.75, 3.05) is 6.54 Å². The molecule has 1 amide bonds. The topological polar surface area (TPSA) is 55.1 Å². The summed E-state index contributed by atoms with van der Waals surface area (Å²) in [5, 5.41) is 2.85. The Morgan fingerprint density at radius 2 is 2.43 bits per heavy atom. The summed E-state index contributed by atoms with van der Waals surface area (Å²) < 4.78 is 0. The molecule has 3 nitrogen and oxygen atoms in total. The zero-order valence-corrected chi connectivity index (χ0v) is 8.84. The highest BCUT2D eigenvalue weighted by Crippen LogP contribution is 2.20. The molecular formula is C11H18N2O. The fraction of sp³-hybridized carbons (Fsp3) is 0.545. The molecule has 0 heterocycles. The van der Waals surface area contributed by atoms with Gasteiger partial charge in [-0.25, -0.2) is 0 Å². The van der Waals surface area contributed by atoms with E-state index >= 15 is 0 Å². The van der Waals surface area contributed by atoms with E-state index in [1.54, 1.807) is 0 Å². The third kappa shape index (κ3) is 3.34. The minimum Gasteiger partial charge on any atom is -0.330 e. The maximum absolute atomic E-state index is 11.3. The molecule has 1 aliphatic carbocycles. The molecule has 0 saturated heterocycles. The minimum atomic E-state index is -0.00287. The van der Waals surface area contributed by atoms with Crippen LogP contribution in [0.2, 0.25) is 0 Å². The van der Waals surface area contributed by atoms with Crippen molar-refractivity contribution in [3.8, 4) is 0 Å². The molecule has 0 bridgehead atoms. The van der Waals surface area contributed by atoms with Crippen LogP contribution in [0.3, 0.4) is 0 Å². The fourth-order valence-electron chi connectivity index (χ4n) is 1.68. The number of allylic oxidation sites excluding steroid dienone is 3. The Balaban J connectivity index is 2.56. The number of hydrogen-bond donors (Lipinski definition) is 2. The van der Waals surface area contributed by atoms with Crippen LogP contribution in [0, 0.1) is 5.92 Å². The normalized spacial score (nSPS) is 21.2. The van der Waals surface area contributed by atoms with Crippen molar-refractivity contribution in [3.05, 3.63) is 23.4 Å². The van der Waals surface area contributed by atoms with Crippen molar-refractivity contribution in [1.82, 2.24) is 5.32 Å². The number of hydrogen-bond acceptors (Lipinski definition) is 2. The average molecular weight is 194 g/mol. The standard InChI is InChI=1S/C11H18N2O/c1-8-5-9(2)7-10(6-8)13-11(14)3-4-12/h6-8H,3-5,12H2,1-2H3,(H,13,14). The number of carbonyl (C=O) groups is 1. The molecule has 0 aliphatic heterocycles. The maximum Gasteiger partial charge on any atom is 0.225 e. The number of nitrogens with two attached hydrogens (primary N) is 1. The Morgan fingerprint density at radius 3 is 3.00 bits per heavy atom. The first-order valence-corrected chi connectivity index (χ1v) is 5.00. The number of nitrogens with one attached hydrogen (secondary N) is 1. The van der Waals surface area contributed by atoms with Crippen molar-refractivity contribution in [1.29, 1.82) is 0 Å². The molecule has 1 aliphatic rings. The van der Waals surface area contributed by atoms with Crippen molar-refractivity contribution < 1.29 is 4.79 Å². The summed E-state index contributed by atoms with van der Waals surface area (Å²) in [5.74, 6) is 0.505. The molecule has 0 aromatic carbocycles. The van der Waals surface area contributed by atoms with Gasteiger partial charge in [0.25, 0.3) is 0 Å². The van der Waals surface area contributed by atoms with Crippen molar-refractivity contribution in [3.63, 3.8) is 0 Å². The van der Waals surface area contributed by atoms with Crippen LogP contribution in [0.5, 0.6) is 0 Å². The highest BCUT2D eigenvalue weighted by molar-refractivity contribution is 5.78. The van der Waals surface area contributed by atoms with E-state index in [1.165, 1.54) is 5.57 Å². The van der Waals surface area contributed by atoms with E-state index in [1.807, 2.05) is 6.08 Å². The second kappa shape index (κ2) is 4.96. The van der Waals surface area contributed by atoms with Crippen LogP contribution in [0.1, 0.15) is 26.7 Å².